The van der Waals surface area contributed by atoms with Crippen LogP contribution in [-0.2, 0) is 5.41 Å². The summed E-state index contributed by atoms with van der Waals surface area (Å²) < 4.78 is 6.36. The summed E-state index contributed by atoms with van der Waals surface area (Å²) in [6, 6.07) is 17.5. The van der Waals surface area contributed by atoms with Gasteiger partial charge in [0.25, 0.3) is 0 Å². The first kappa shape index (κ1) is 18.6. The van der Waals surface area contributed by atoms with E-state index in [1.807, 2.05) is 0 Å². The Morgan fingerprint density at radius 1 is 0.750 bits per heavy atom. The number of para-hydroxylation sites is 1. The topological polar surface area (TPSA) is 12.5 Å². The highest BCUT2D eigenvalue weighted by molar-refractivity contribution is 5.89. The molecule has 0 radical (unpaired) electrons. The van der Waals surface area contributed by atoms with Crippen LogP contribution in [0.4, 0.5) is 17.1 Å². The van der Waals surface area contributed by atoms with Crippen LogP contribution < -0.4 is 9.64 Å². The molecule has 0 atom stereocenters. The van der Waals surface area contributed by atoms with Crippen LogP contribution in [0.15, 0.2) is 48.5 Å². The molecule has 0 bridgehead atoms. The zero-order valence-electron chi connectivity index (χ0n) is 18.0. The summed E-state index contributed by atoms with van der Waals surface area (Å²) in [6.45, 7) is 15.5. The Morgan fingerprint density at radius 2 is 1.43 bits per heavy atom. The Labute approximate surface area is 168 Å². The van der Waals surface area contributed by atoms with E-state index in [1.54, 1.807) is 0 Å². The normalized spacial score (nSPS) is 13.0. The lowest BCUT2D eigenvalue weighted by Crippen LogP contribution is -2.19. The van der Waals surface area contributed by atoms with E-state index in [-0.39, 0.29) is 5.41 Å². The lowest BCUT2D eigenvalue weighted by atomic mass is 9.84. The van der Waals surface area contributed by atoms with Gasteiger partial charge in [-0.3, -0.25) is 0 Å². The molecule has 1 aliphatic heterocycles. The zero-order chi connectivity index (χ0) is 20.2. The second-order valence-corrected chi connectivity index (χ2v) is 9.04. The maximum atomic E-state index is 6.36. The Balaban J connectivity index is 2.00. The van der Waals surface area contributed by atoms with Crippen LogP contribution in [0, 0.1) is 27.7 Å². The van der Waals surface area contributed by atoms with Crippen LogP contribution in [0.1, 0.15) is 48.6 Å². The van der Waals surface area contributed by atoms with Gasteiger partial charge in [0.2, 0.25) is 0 Å². The summed E-state index contributed by atoms with van der Waals surface area (Å²) in [7, 11) is 0. The molecule has 0 aromatic heterocycles. The Hall–Kier alpha value is -2.74. The fourth-order valence-electron chi connectivity index (χ4n) is 4.06. The standard InChI is InChI=1S/C26H29NO/c1-16-11-12-21-23(13-16)28-25-17(2)9-8-10-22(25)27(21)24-18(3)14-20(15-19(24)4)26(5,6)7/h8-15H,1-7H3. The average Bonchev–Trinajstić information content (AvgIpc) is 2.60. The van der Waals surface area contributed by atoms with Gasteiger partial charge in [-0.1, -0.05) is 51.1 Å². The minimum absolute atomic E-state index is 0.128. The number of aryl methyl sites for hydroxylation is 4. The van der Waals surface area contributed by atoms with E-state index in [2.05, 4.69) is 102 Å². The molecule has 0 saturated carbocycles. The molecule has 0 fully saturated rings. The molecular formula is C26H29NO. The second kappa shape index (κ2) is 6.41. The maximum absolute atomic E-state index is 6.36. The van der Waals surface area contributed by atoms with Crippen LogP contribution in [0.2, 0.25) is 0 Å². The van der Waals surface area contributed by atoms with Crippen LogP contribution in [0.5, 0.6) is 11.5 Å². The van der Waals surface area contributed by atoms with E-state index >= 15 is 0 Å². The Morgan fingerprint density at radius 3 is 2.07 bits per heavy atom. The molecule has 0 N–H and O–H groups in total. The third-order valence-corrected chi connectivity index (χ3v) is 5.58. The average molecular weight is 372 g/mol. The number of hydrogen-bond acceptors (Lipinski definition) is 2. The molecule has 28 heavy (non-hydrogen) atoms. The number of nitrogens with zero attached hydrogens (tertiary/aromatic N) is 1. The molecule has 1 aliphatic rings. The number of rotatable bonds is 1. The molecule has 1 heterocycles. The van der Waals surface area contributed by atoms with Gasteiger partial charge in [0.15, 0.2) is 11.5 Å². The van der Waals surface area contributed by atoms with E-state index in [9.17, 15) is 0 Å². The van der Waals surface area contributed by atoms with Gasteiger partial charge >= 0.3 is 0 Å². The number of ether oxygens (including phenoxy) is 1. The Bertz CT molecular complexity index is 1050. The van der Waals surface area contributed by atoms with E-state index in [0.29, 0.717) is 0 Å². The van der Waals surface area contributed by atoms with Crippen molar-refractivity contribution in [2.24, 2.45) is 0 Å². The number of fused-ring (bicyclic) bond motifs is 2. The van der Waals surface area contributed by atoms with Crippen LogP contribution in [0.3, 0.4) is 0 Å². The highest BCUT2D eigenvalue weighted by Crippen LogP contribution is 2.53. The van der Waals surface area contributed by atoms with Crippen LogP contribution >= 0.6 is 0 Å². The minimum atomic E-state index is 0.128. The molecule has 0 spiro atoms. The molecule has 2 heteroatoms. The lowest BCUT2D eigenvalue weighted by Gasteiger charge is -2.36. The van der Waals surface area contributed by atoms with Crippen LogP contribution in [-0.4, -0.2) is 0 Å². The van der Waals surface area contributed by atoms with E-state index in [0.717, 1.165) is 28.4 Å². The zero-order valence-corrected chi connectivity index (χ0v) is 18.0. The van der Waals surface area contributed by atoms with Crippen molar-refractivity contribution < 1.29 is 4.74 Å². The lowest BCUT2D eigenvalue weighted by molar-refractivity contribution is 0.472. The van der Waals surface area contributed by atoms with E-state index < -0.39 is 0 Å². The SMILES string of the molecule is Cc1ccc2c(c1)Oc1c(C)cccc1N2c1c(C)cc(C(C)(C)C)cc1C. The quantitative estimate of drug-likeness (QED) is 0.338. The van der Waals surface area contributed by atoms with Gasteiger partial charge < -0.3 is 9.64 Å². The van der Waals surface area contributed by atoms with Crippen molar-refractivity contribution >= 4 is 17.1 Å². The number of anilines is 3. The van der Waals surface area contributed by atoms with Gasteiger partial charge in [-0.15, -0.1) is 0 Å². The molecule has 144 valence electrons. The molecule has 3 aromatic rings. The summed E-state index contributed by atoms with van der Waals surface area (Å²) in [4.78, 5) is 2.37. The van der Waals surface area contributed by atoms with Gasteiger partial charge in [-0.2, -0.15) is 0 Å². The van der Waals surface area contributed by atoms with E-state index in [4.69, 9.17) is 4.74 Å². The van der Waals surface area contributed by atoms with Gasteiger partial charge in [0.1, 0.15) is 0 Å². The molecule has 0 amide bonds. The molecule has 3 aromatic carbocycles. The summed E-state index contributed by atoms with van der Waals surface area (Å²) >= 11 is 0. The second-order valence-electron chi connectivity index (χ2n) is 9.04. The van der Waals surface area contributed by atoms with Crippen molar-refractivity contribution in [2.75, 3.05) is 4.90 Å². The predicted molar refractivity (Wildman–Crippen MR) is 119 cm³/mol. The van der Waals surface area contributed by atoms with E-state index in [1.165, 1.54) is 27.9 Å². The Kier molecular flexibility index (Phi) is 4.26. The fourth-order valence-corrected chi connectivity index (χ4v) is 4.06. The van der Waals surface area contributed by atoms with Crippen molar-refractivity contribution in [1.29, 1.82) is 0 Å². The predicted octanol–water partition coefficient (Wildman–Crippen LogP) is 7.79. The largest absolute Gasteiger partial charge is 0.453 e. The molecule has 0 aliphatic carbocycles. The summed E-state index contributed by atoms with van der Waals surface area (Å²) in [5.74, 6) is 1.86. The highest BCUT2D eigenvalue weighted by atomic mass is 16.5. The summed E-state index contributed by atoms with van der Waals surface area (Å²) in [5.41, 5.74) is 9.86. The summed E-state index contributed by atoms with van der Waals surface area (Å²) in [6.07, 6.45) is 0. The highest BCUT2D eigenvalue weighted by Gasteiger charge is 2.29. The van der Waals surface area contributed by atoms with Crippen molar-refractivity contribution in [3.63, 3.8) is 0 Å². The first-order valence-corrected chi connectivity index (χ1v) is 9.97. The fraction of sp³-hybridized carbons (Fsp3) is 0.308. The molecule has 4 rings (SSSR count). The smallest absolute Gasteiger partial charge is 0.154 e. The van der Waals surface area contributed by atoms with Crippen molar-refractivity contribution in [1.82, 2.24) is 0 Å². The van der Waals surface area contributed by atoms with Crippen LogP contribution in [0.25, 0.3) is 0 Å². The molecule has 0 saturated heterocycles. The monoisotopic (exact) mass is 371 g/mol. The third kappa shape index (κ3) is 2.97. The first-order chi connectivity index (χ1) is 13.2. The van der Waals surface area contributed by atoms with Gasteiger partial charge in [-0.05, 0) is 79.1 Å². The minimum Gasteiger partial charge on any atom is -0.453 e. The molecular weight excluding hydrogens is 342 g/mol. The van der Waals surface area contributed by atoms with Gasteiger partial charge in [0, 0.05) is 0 Å². The first-order valence-electron chi connectivity index (χ1n) is 9.97. The number of hydrogen-bond donors (Lipinski definition) is 0. The van der Waals surface area contributed by atoms with Crippen molar-refractivity contribution in [3.8, 4) is 11.5 Å². The summed E-state index contributed by atoms with van der Waals surface area (Å²) in [5, 5.41) is 0. The third-order valence-electron chi connectivity index (χ3n) is 5.58. The molecule has 0 unspecified atom stereocenters. The van der Waals surface area contributed by atoms with Gasteiger partial charge in [-0.25, -0.2) is 0 Å². The maximum Gasteiger partial charge on any atom is 0.154 e. The van der Waals surface area contributed by atoms with Crippen molar-refractivity contribution in [3.05, 3.63) is 76.3 Å². The van der Waals surface area contributed by atoms with Crippen molar-refractivity contribution in [2.45, 2.75) is 53.9 Å². The van der Waals surface area contributed by atoms with Gasteiger partial charge in [0.05, 0.1) is 17.1 Å². The molecule has 2 nitrogen and oxygen atoms in total. The number of benzene rings is 3.